The van der Waals surface area contributed by atoms with Crippen molar-refractivity contribution in [2.24, 2.45) is 0 Å². The Labute approximate surface area is 234 Å². The van der Waals surface area contributed by atoms with Crippen LogP contribution in [0.1, 0.15) is 69.7 Å². The van der Waals surface area contributed by atoms with E-state index in [1.807, 2.05) is 62.9 Å². The minimum Gasteiger partial charge on any atom is -0.458 e. The van der Waals surface area contributed by atoms with Crippen LogP contribution < -0.4 is 11.2 Å². The molecule has 2 aliphatic heterocycles. The van der Waals surface area contributed by atoms with E-state index in [9.17, 15) is 29.7 Å². The highest BCUT2D eigenvalue weighted by atomic mass is 16.6. The molecule has 0 radical (unpaired) electrons. The summed E-state index contributed by atoms with van der Waals surface area (Å²) in [6.07, 6.45) is -1.43. The number of nitrogens with zero attached hydrogens (tertiary/aromatic N) is 2. The number of carbonyl (C=O) groups is 1. The molecule has 2 aromatic rings. The number of piperidine rings is 1. The molecule has 40 heavy (non-hydrogen) atoms. The number of aliphatic hydroxyl groups excluding tert-OH is 3. The number of hydrogen-bond acceptors (Lipinski definition) is 9. The molecular weight excluding hydrogens is 518 g/mol. The zero-order chi connectivity index (χ0) is 29.4. The van der Waals surface area contributed by atoms with E-state index in [2.05, 4.69) is 4.98 Å². The first kappa shape index (κ1) is 31.7. The summed E-state index contributed by atoms with van der Waals surface area (Å²) < 4.78 is 12.1. The summed E-state index contributed by atoms with van der Waals surface area (Å²) in [6, 6.07) is 9.37. The summed E-state index contributed by atoms with van der Waals surface area (Å²) in [7, 11) is 0. The third-order valence-corrected chi connectivity index (χ3v) is 7.32. The molecule has 2 fully saturated rings. The van der Waals surface area contributed by atoms with E-state index in [1.165, 1.54) is 4.57 Å². The first-order chi connectivity index (χ1) is 19.1. The van der Waals surface area contributed by atoms with Crippen molar-refractivity contribution in [2.45, 2.75) is 96.5 Å². The number of aliphatic hydroxyl groups is 3. The van der Waals surface area contributed by atoms with Gasteiger partial charge >= 0.3 is 11.7 Å². The minimum atomic E-state index is -1.13. The van der Waals surface area contributed by atoms with Gasteiger partial charge in [-0.1, -0.05) is 51.1 Å². The number of H-pyrrole nitrogens is 1. The van der Waals surface area contributed by atoms with Crippen LogP contribution in [-0.2, 0) is 27.4 Å². The lowest BCUT2D eigenvalue weighted by atomic mass is 9.93. The van der Waals surface area contributed by atoms with Crippen molar-refractivity contribution in [3.8, 4) is 0 Å². The van der Waals surface area contributed by atoms with Crippen LogP contribution in [0.4, 0.5) is 0 Å². The van der Waals surface area contributed by atoms with Gasteiger partial charge in [0, 0.05) is 43.8 Å². The molecule has 3 heterocycles. The number of esters is 1. The molecule has 0 spiro atoms. The van der Waals surface area contributed by atoms with Crippen molar-refractivity contribution >= 4 is 5.97 Å². The number of hydrogen-bond donors (Lipinski definition) is 4. The van der Waals surface area contributed by atoms with Crippen LogP contribution in [-0.4, -0.2) is 85.9 Å². The van der Waals surface area contributed by atoms with Gasteiger partial charge < -0.3 is 24.8 Å². The van der Waals surface area contributed by atoms with Gasteiger partial charge in [0.1, 0.15) is 25.0 Å². The predicted octanol–water partition coefficient (Wildman–Crippen LogP) is 1.11. The van der Waals surface area contributed by atoms with Crippen molar-refractivity contribution in [1.82, 2.24) is 14.5 Å². The Hall–Kier alpha value is -2.83. The first-order valence-corrected chi connectivity index (χ1v) is 14.0. The van der Waals surface area contributed by atoms with E-state index >= 15 is 0 Å². The second-order valence-corrected chi connectivity index (χ2v) is 10.6. The van der Waals surface area contributed by atoms with Gasteiger partial charge in [0.2, 0.25) is 0 Å². The monoisotopic (exact) mass is 561 g/mol. The number of ether oxygens (including phenoxy) is 2. The molecule has 0 bridgehead atoms. The Morgan fingerprint density at radius 1 is 1.10 bits per heavy atom. The fraction of sp³-hybridized carbons (Fsp3) is 0.621. The van der Waals surface area contributed by atoms with Crippen LogP contribution in [0.15, 0.2) is 39.9 Å². The molecule has 1 aromatic carbocycles. The third kappa shape index (κ3) is 7.67. The maximum atomic E-state index is 12.2. The largest absolute Gasteiger partial charge is 0.458 e. The van der Waals surface area contributed by atoms with Crippen molar-refractivity contribution in [1.29, 1.82) is 0 Å². The van der Waals surface area contributed by atoms with Crippen molar-refractivity contribution < 1.29 is 29.6 Å². The highest BCUT2D eigenvalue weighted by Crippen LogP contribution is 2.29. The Bertz CT molecular complexity index is 1210. The average Bonchev–Trinajstić information content (AvgIpc) is 3.27. The summed E-state index contributed by atoms with van der Waals surface area (Å²) in [4.78, 5) is 40.1. The van der Waals surface area contributed by atoms with E-state index in [-0.39, 0.29) is 24.2 Å². The number of nitrogens with one attached hydrogen (secondary N) is 1. The molecule has 222 valence electrons. The Morgan fingerprint density at radius 3 is 2.42 bits per heavy atom. The molecule has 0 unspecified atom stereocenters. The average molecular weight is 562 g/mol. The van der Waals surface area contributed by atoms with Gasteiger partial charge in [-0.2, -0.15) is 0 Å². The summed E-state index contributed by atoms with van der Waals surface area (Å²) in [5, 5.41) is 29.7. The van der Waals surface area contributed by atoms with Gasteiger partial charge in [-0.15, -0.1) is 0 Å². The smallest absolute Gasteiger partial charge is 0.330 e. The summed E-state index contributed by atoms with van der Waals surface area (Å²) in [5.74, 6) is -0.331. The zero-order valence-electron chi connectivity index (χ0n) is 23.8. The van der Waals surface area contributed by atoms with Crippen LogP contribution in [0.25, 0.3) is 0 Å². The first-order valence-electron chi connectivity index (χ1n) is 14.0. The predicted molar refractivity (Wildman–Crippen MR) is 149 cm³/mol. The molecule has 4 N–H and O–H groups in total. The lowest BCUT2D eigenvalue weighted by molar-refractivity contribution is -0.179. The van der Waals surface area contributed by atoms with E-state index < -0.39 is 36.1 Å². The highest BCUT2D eigenvalue weighted by Gasteiger charge is 2.49. The molecule has 5 atom stereocenters. The van der Waals surface area contributed by atoms with Crippen LogP contribution >= 0.6 is 0 Å². The topological polar surface area (TPSA) is 154 Å². The second kappa shape index (κ2) is 14.7. The molecule has 1 aromatic heterocycles. The van der Waals surface area contributed by atoms with Crippen molar-refractivity contribution in [3.05, 3.63) is 68.0 Å². The quantitative estimate of drug-likeness (QED) is 0.330. The number of carbonyl (C=O) groups excluding carboxylic acids is 1. The standard InChI is InChI=1S/C17H22N2O3.C12H21NO5/c1-4-22-11-19-14(10-13-8-6-5-7-9-13)15(12(2)3)16(20)18-17(19)21;1-2-3-9(15)18-8-6-13-5-4-7(14)10(13)12(17)11(8)16/h5-9,12H,4,10-11H2,1-3H3,(H,18,20,21);7-8,10-12,14,16-17H,2-6H2,1H3/t;7-,8-,10+,11+,12+/m.0/s1. The fourth-order valence-corrected chi connectivity index (χ4v) is 5.34. The lowest BCUT2D eigenvalue weighted by Gasteiger charge is -2.42. The summed E-state index contributed by atoms with van der Waals surface area (Å²) in [5.41, 5.74) is 1.69. The van der Waals surface area contributed by atoms with Crippen LogP contribution in [0.2, 0.25) is 0 Å². The Kier molecular flexibility index (Phi) is 11.6. The zero-order valence-corrected chi connectivity index (χ0v) is 23.8. The maximum absolute atomic E-state index is 12.2. The highest BCUT2D eigenvalue weighted by molar-refractivity contribution is 5.69. The Balaban J connectivity index is 0.000000225. The number of fused-ring (bicyclic) bond motifs is 1. The molecule has 11 heteroatoms. The molecular formula is C29H43N3O8. The molecule has 2 aliphatic rings. The van der Waals surface area contributed by atoms with Crippen LogP contribution in [0.3, 0.4) is 0 Å². The number of rotatable bonds is 9. The van der Waals surface area contributed by atoms with Gasteiger partial charge in [0.05, 0.1) is 12.1 Å². The van der Waals surface area contributed by atoms with Crippen molar-refractivity contribution in [2.75, 3.05) is 19.7 Å². The minimum absolute atomic E-state index is 0.0240. The molecule has 11 nitrogen and oxygen atoms in total. The molecule has 2 saturated heterocycles. The lowest BCUT2D eigenvalue weighted by Crippen LogP contribution is -2.62. The third-order valence-electron chi connectivity index (χ3n) is 7.32. The molecule has 4 rings (SSSR count). The van der Waals surface area contributed by atoms with Crippen LogP contribution in [0.5, 0.6) is 0 Å². The van der Waals surface area contributed by atoms with E-state index in [1.54, 1.807) is 0 Å². The van der Waals surface area contributed by atoms with Gasteiger partial charge in [-0.25, -0.2) is 4.79 Å². The number of aromatic nitrogens is 2. The SMILES string of the molecule is CCCC(=O)O[C@H]1CN2CC[C@H](O)[C@@H]2[C@@H](O)[C@@H]1O.CCOCn1c(Cc2ccccc2)c(C(C)C)c(=O)[nH]c1=O. The molecule has 0 amide bonds. The van der Waals surface area contributed by atoms with Gasteiger partial charge in [0.15, 0.2) is 0 Å². The maximum Gasteiger partial charge on any atom is 0.330 e. The molecule has 0 aliphatic carbocycles. The van der Waals surface area contributed by atoms with E-state index in [0.717, 1.165) is 11.3 Å². The number of aromatic amines is 1. The van der Waals surface area contributed by atoms with Crippen LogP contribution in [0, 0.1) is 0 Å². The normalized spacial score (nSPS) is 24.4. The molecule has 0 saturated carbocycles. The Morgan fingerprint density at radius 2 is 1.80 bits per heavy atom. The van der Waals surface area contributed by atoms with Gasteiger partial charge in [-0.05, 0) is 31.2 Å². The van der Waals surface area contributed by atoms with E-state index in [0.29, 0.717) is 50.9 Å². The fourth-order valence-electron chi connectivity index (χ4n) is 5.34. The van der Waals surface area contributed by atoms with E-state index in [4.69, 9.17) is 9.47 Å². The van der Waals surface area contributed by atoms with Gasteiger partial charge in [0.25, 0.3) is 5.56 Å². The number of benzene rings is 1. The second-order valence-electron chi connectivity index (χ2n) is 10.6. The summed E-state index contributed by atoms with van der Waals surface area (Å²) in [6.45, 7) is 9.33. The van der Waals surface area contributed by atoms with Gasteiger partial charge in [-0.3, -0.25) is 24.0 Å². The van der Waals surface area contributed by atoms with Crippen molar-refractivity contribution in [3.63, 3.8) is 0 Å². The summed E-state index contributed by atoms with van der Waals surface area (Å²) >= 11 is 0.